The minimum atomic E-state index is -0.893. The summed E-state index contributed by atoms with van der Waals surface area (Å²) in [6.45, 7) is 11.2. The molecule has 2 aliphatic rings. The van der Waals surface area contributed by atoms with E-state index in [0.717, 1.165) is 0 Å². The molecule has 198 valence electrons. The lowest BCUT2D eigenvalue weighted by molar-refractivity contribution is -0.135. The van der Waals surface area contributed by atoms with Crippen molar-refractivity contribution in [3.8, 4) is 0 Å². The number of carbonyl (C=O) groups is 5. The zero-order valence-electron chi connectivity index (χ0n) is 21.3. The molecule has 5 amide bonds. The fraction of sp³-hybridized carbons (Fsp3) is 0.783. The number of amides is 5. The van der Waals surface area contributed by atoms with E-state index in [-0.39, 0.29) is 17.8 Å². The molecule has 0 aromatic carbocycles. The van der Waals surface area contributed by atoms with Crippen LogP contribution in [0.5, 0.6) is 0 Å². The standard InChI is InChI=1S/C23H39N5O5S2/c1-7-13(6)18-23(33)26-15-9-34-35-10-16(25-20(15)30)21(31)27-17(12(4)5)22(32)24-14(8-11(2)3)19(29)28-18/h11-18H,7-10H2,1-6H3,(H,24,32)(H,25,30)(H,26,33)(H,27,31)(H,28,29)/t13-,14+,15-,16+,17-,18-/m0/s1. The van der Waals surface area contributed by atoms with Crippen LogP contribution < -0.4 is 26.6 Å². The van der Waals surface area contributed by atoms with Crippen molar-refractivity contribution in [3.05, 3.63) is 0 Å². The van der Waals surface area contributed by atoms with Crippen molar-refractivity contribution < 1.29 is 24.0 Å². The Hall–Kier alpha value is -1.95. The third kappa shape index (κ3) is 8.30. The number of fused-ring (bicyclic) bond motifs is 3. The predicted molar refractivity (Wildman–Crippen MR) is 138 cm³/mol. The van der Waals surface area contributed by atoms with E-state index in [2.05, 4.69) is 26.6 Å². The molecule has 0 saturated carbocycles. The van der Waals surface area contributed by atoms with E-state index in [1.807, 2.05) is 27.7 Å². The third-order valence-electron chi connectivity index (χ3n) is 6.20. The minimum absolute atomic E-state index is 0.0924. The molecule has 2 heterocycles. The lowest BCUT2D eigenvalue weighted by Crippen LogP contribution is -2.60. The highest BCUT2D eigenvalue weighted by Crippen LogP contribution is 2.25. The maximum atomic E-state index is 13.3. The molecule has 35 heavy (non-hydrogen) atoms. The topological polar surface area (TPSA) is 146 Å². The molecule has 10 nitrogen and oxygen atoms in total. The molecule has 5 N–H and O–H groups in total. The van der Waals surface area contributed by atoms with Gasteiger partial charge in [0.15, 0.2) is 0 Å². The number of nitrogens with one attached hydrogen (secondary N) is 5. The Morgan fingerprint density at radius 1 is 0.686 bits per heavy atom. The smallest absolute Gasteiger partial charge is 0.244 e. The molecule has 2 saturated heterocycles. The predicted octanol–water partition coefficient (Wildman–Crippen LogP) is 0.567. The van der Waals surface area contributed by atoms with E-state index in [1.165, 1.54) is 21.6 Å². The number of hydrogen-bond donors (Lipinski definition) is 5. The summed E-state index contributed by atoms with van der Waals surface area (Å²) in [6, 6.07) is -4.38. The van der Waals surface area contributed by atoms with Crippen molar-refractivity contribution in [3.63, 3.8) is 0 Å². The Morgan fingerprint density at radius 2 is 1.17 bits per heavy atom. The minimum Gasteiger partial charge on any atom is -0.343 e. The zero-order valence-corrected chi connectivity index (χ0v) is 22.9. The molecule has 0 aliphatic carbocycles. The highest BCUT2D eigenvalue weighted by atomic mass is 33.1. The Labute approximate surface area is 215 Å². The lowest BCUT2D eigenvalue weighted by atomic mass is 9.96. The summed E-state index contributed by atoms with van der Waals surface area (Å²) >= 11 is 0. The van der Waals surface area contributed by atoms with Crippen LogP contribution in [0.4, 0.5) is 0 Å². The van der Waals surface area contributed by atoms with Crippen molar-refractivity contribution in [2.24, 2.45) is 17.8 Å². The van der Waals surface area contributed by atoms with Crippen molar-refractivity contribution in [1.29, 1.82) is 0 Å². The van der Waals surface area contributed by atoms with Crippen LogP contribution in [0, 0.1) is 17.8 Å². The second-order valence-corrected chi connectivity index (χ2v) is 12.5. The van der Waals surface area contributed by atoms with Crippen molar-refractivity contribution in [2.75, 3.05) is 11.5 Å². The molecule has 2 rings (SSSR count). The monoisotopic (exact) mass is 529 g/mol. The van der Waals surface area contributed by atoms with Gasteiger partial charge in [-0.3, -0.25) is 24.0 Å². The van der Waals surface area contributed by atoms with Crippen molar-refractivity contribution in [2.45, 2.75) is 84.6 Å². The second kappa shape index (κ2) is 13.4. The number of hydrogen-bond acceptors (Lipinski definition) is 7. The largest absolute Gasteiger partial charge is 0.343 e. The molecule has 2 fully saturated rings. The van der Waals surface area contributed by atoms with E-state index in [0.29, 0.717) is 24.3 Å². The first-order valence-electron chi connectivity index (χ1n) is 12.2. The van der Waals surface area contributed by atoms with Gasteiger partial charge >= 0.3 is 0 Å². The van der Waals surface area contributed by atoms with E-state index in [1.54, 1.807) is 13.8 Å². The van der Waals surface area contributed by atoms with Gasteiger partial charge in [-0.1, -0.05) is 69.6 Å². The van der Waals surface area contributed by atoms with Gasteiger partial charge < -0.3 is 26.6 Å². The molecule has 12 heteroatoms. The van der Waals surface area contributed by atoms with E-state index >= 15 is 0 Å². The molecule has 0 aromatic rings. The Kier molecular flexibility index (Phi) is 11.2. The number of carbonyl (C=O) groups excluding carboxylic acids is 5. The number of rotatable bonds is 5. The van der Waals surface area contributed by atoms with Crippen molar-refractivity contribution >= 4 is 51.1 Å². The first kappa shape index (κ1) is 29.3. The van der Waals surface area contributed by atoms with Crippen LogP contribution in [0.15, 0.2) is 0 Å². The average molecular weight is 530 g/mol. The lowest BCUT2D eigenvalue weighted by Gasteiger charge is -2.29. The first-order valence-corrected chi connectivity index (χ1v) is 14.7. The summed E-state index contributed by atoms with van der Waals surface area (Å²) in [7, 11) is 2.80. The fourth-order valence-electron chi connectivity index (χ4n) is 3.84. The van der Waals surface area contributed by atoms with Crippen LogP contribution in [-0.2, 0) is 24.0 Å². The van der Waals surface area contributed by atoms with Crippen LogP contribution in [-0.4, -0.2) is 71.3 Å². The van der Waals surface area contributed by atoms with E-state index in [9.17, 15) is 24.0 Å². The van der Waals surface area contributed by atoms with Gasteiger partial charge in [0, 0.05) is 11.5 Å². The molecular weight excluding hydrogens is 490 g/mol. The maximum absolute atomic E-state index is 13.3. The quantitative estimate of drug-likeness (QED) is 0.327. The summed E-state index contributed by atoms with van der Waals surface area (Å²) in [5.74, 6) is -2.10. The van der Waals surface area contributed by atoms with Gasteiger partial charge in [-0.2, -0.15) is 0 Å². The van der Waals surface area contributed by atoms with Gasteiger partial charge in [-0.05, 0) is 24.2 Å². The van der Waals surface area contributed by atoms with Gasteiger partial charge in [0.25, 0.3) is 0 Å². The Balaban J connectivity index is 2.49. The summed E-state index contributed by atoms with van der Waals surface area (Å²) in [6.07, 6.45) is 0.987. The van der Waals surface area contributed by atoms with Gasteiger partial charge in [0.1, 0.15) is 30.2 Å². The zero-order chi connectivity index (χ0) is 26.3. The summed E-state index contributed by atoms with van der Waals surface area (Å²) in [5, 5.41) is 13.9. The molecular formula is C23H39N5O5S2. The highest BCUT2D eigenvalue weighted by molar-refractivity contribution is 8.76. The maximum Gasteiger partial charge on any atom is 0.244 e. The fourth-order valence-corrected chi connectivity index (χ4v) is 6.17. The summed E-state index contributed by atoms with van der Waals surface area (Å²) in [4.78, 5) is 65.8. The molecule has 0 aromatic heterocycles. The normalized spacial score (nSPS) is 30.2. The van der Waals surface area contributed by atoms with Gasteiger partial charge in [0.05, 0.1) is 0 Å². The van der Waals surface area contributed by atoms with Crippen LogP contribution in [0.1, 0.15) is 54.4 Å². The molecule has 2 aliphatic heterocycles. The summed E-state index contributed by atoms with van der Waals surface area (Å²) < 4.78 is 0. The van der Waals surface area contributed by atoms with Gasteiger partial charge in [-0.15, -0.1) is 0 Å². The Morgan fingerprint density at radius 3 is 1.69 bits per heavy atom. The van der Waals surface area contributed by atoms with Crippen LogP contribution >= 0.6 is 21.6 Å². The van der Waals surface area contributed by atoms with E-state index < -0.39 is 59.7 Å². The first-order chi connectivity index (χ1) is 16.4. The summed E-state index contributed by atoms with van der Waals surface area (Å²) in [5.41, 5.74) is 0. The van der Waals surface area contributed by atoms with Gasteiger partial charge in [-0.25, -0.2) is 0 Å². The molecule has 6 atom stereocenters. The molecule has 0 spiro atoms. The average Bonchev–Trinajstić information content (AvgIpc) is 2.77. The van der Waals surface area contributed by atoms with Crippen LogP contribution in [0.25, 0.3) is 0 Å². The highest BCUT2D eigenvalue weighted by Gasteiger charge is 2.37. The third-order valence-corrected chi connectivity index (χ3v) is 8.62. The van der Waals surface area contributed by atoms with Gasteiger partial charge in [0.2, 0.25) is 29.5 Å². The molecule has 2 bridgehead atoms. The SMILES string of the molecule is CC[C@H](C)[C@@H]1NC(=O)[C@@H](CC(C)C)NC(=O)[C@H](C(C)C)NC(=O)[C@H]2CSSC[C@H](NC1=O)C(=O)N2. The second-order valence-electron chi connectivity index (χ2n) is 9.98. The molecule has 0 radical (unpaired) electrons. The molecule has 0 unspecified atom stereocenters. The van der Waals surface area contributed by atoms with Crippen LogP contribution in [0.2, 0.25) is 0 Å². The van der Waals surface area contributed by atoms with Crippen molar-refractivity contribution in [1.82, 2.24) is 26.6 Å². The Bertz CT molecular complexity index is 809. The van der Waals surface area contributed by atoms with Crippen LogP contribution in [0.3, 0.4) is 0 Å². The van der Waals surface area contributed by atoms with E-state index in [4.69, 9.17) is 0 Å².